The fourth-order valence-corrected chi connectivity index (χ4v) is 3.05. The van der Waals surface area contributed by atoms with Crippen LogP contribution in [0.3, 0.4) is 0 Å². The number of H-pyrrole nitrogens is 1. The van der Waals surface area contributed by atoms with Crippen LogP contribution in [0, 0.1) is 0 Å². The molecule has 0 radical (unpaired) electrons. The van der Waals surface area contributed by atoms with Crippen molar-refractivity contribution < 1.29 is 8.42 Å². The lowest BCUT2D eigenvalue weighted by Crippen LogP contribution is -2.16. The first kappa shape index (κ1) is 13.2. The quantitative estimate of drug-likeness (QED) is 0.632. The number of aromatic nitrogens is 2. The Bertz CT molecular complexity index is 624. The molecule has 98 valence electrons. The summed E-state index contributed by atoms with van der Waals surface area (Å²) in [4.78, 5) is 0. The van der Waals surface area contributed by atoms with Crippen molar-refractivity contribution in [3.63, 3.8) is 0 Å². The van der Waals surface area contributed by atoms with E-state index in [1.807, 2.05) is 6.07 Å². The number of fused-ring (bicyclic) bond motifs is 1. The Morgan fingerprint density at radius 3 is 2.94 bits per heavy atom. The number of sulfonamides is 1. The summed E-state index contributed by atoms with van der Waals surface area (Å²) in [6, 6.07) is 5.34. The van der Waals surface area contributed by atoms with Gasteiger partial charge >= 0.3 is 0 Å². The van der Waals surface area contributed by atoms with Crippen LogP contribution in [-0.2, 0) is 10.0 Å². The van der Waals surface area contributed by atoms with E-state index in [9.17, 15) is 8.42 Å². The van der Waals surface area contributed by atoms with Crippen molar-refractivity contribution in [1.82, 2.24) is 10.2 Å². The predicted molar refractivity (Wildman–Crippen MR) is 73.5 cm³/mol. The SMILES string of the molecule is O=S(=O)(CCCCCl)Nc1cccc2[nH]ncc12. The van der Waals surface area contributed by atoms with Gasteiger partial charge in [0.1, 0.15) is 0 Å². The summed E-state index contributed by atoms with van der Waals surface area (Å²) in [6.45, 7) is 0. The molecule has 2 aromatic rings. The van der Waals surface area contributed by atoms with Crippen molar-refractivity contribution in [1.29, 1.82) is 0 Å². The van der Waals surface area contributed by atoms with Gasteiger partial charge in [0.25, 0.3) is 0 Å². The normalized spacial score (nSPS) is 11.8. The molecule has 0 unspecified atom stereocenters. The fraction of sp³-hybridized carbons (Fsp3) is 0.364. The second kappa shape index (κ2) is 5.58. The first-order valence-electron chi connectivity index (χ1n) is 5.61. The summed E-state index contributed by atoms with van der Waals surface area (Å²) in [5.41, 5.74) is 1.35. The first-order valence-corrected chi connectivity index (χ1v) is 7.79. The van der Waals surface area contributed by atoms with Crippen LogP contribution in [0.15, 0.2) is 24.4 Å². The van der Waals surface area contributed by atoms with Crippen LogP contribution in [0.2, 0.25) is 0 Å². The van der Waals surface area contributed by atoms with Gasteiger partial charge < -0.3 is 0 Å². The first-order chi connectivity index (χ1) is 8.62. The molecule has 0 aliphatic heterocycles. The number of nitrogens with one attached hydrogen (secondary N) is 2. The molecule has 1 aromatic heterocycles. The van der Waals surface area contributed by atoms with E-state index in [1.54, 1.807) is 18.3 Å². The van der Waals surface area contributed by atoms with E-state index in [0.29, 0.717) is 24.4 Å². The number of halogens is 1. The Kier molecular flexibility index (Phi) is 4.08. The third kappa shape index (κ3) is 3.14. The molecule has 0 saturated carbocycles. The molecule has 18 heavy (non-hydrogen) atoms. The molecule has 2 rings (SSSR count). The minimum absolute atomic E-state index is 0.0773. The Labute approximate surface area is 111 Å². The summed E-state index contributed by atoms with van der Waals surface area (Å²) in [6.07, 6.45) is 2.85. The summed E-state index contributed by atoms with van der Waals surface area (Å²) in [5, 5.41) is 7.45. The lowest BCUT2D eigenvalue weighted by Gasteiger charge is -2.08. The van der Waals surface area contributed by atoms with Gasteiger partial charge in [-0.25, -0.2) is 8.42 Å². The number of alkyl halides is 1. The van der Waals surface area contributed by atoms with Crippen LogP contribution >= 0.6 is 11.6 Å². The molecule has 1 aromatic carbocycles. The highest BCUT2D eigenvalue weighted by atomic mass is 35.5. The van der Waals surface area contributed by atoms with Gasteiger partial charge in [-0.3, -0.25) is 9.82 Å². The van der Waals surface area contributed by atoms with Gasteiger partial charge in [0.15, 0.2) is 0 Å². The molecule has 0 bridgehead atoms. The van der Waals surface area contributed by atoms with Crippen molar-refractivity contribution in [2.45, 2.75) is 12.8 Å². The van der Waals surface area contributed by atoms with Gasteiger partial charge in [0, 0.05) is 11.3 Å². The molecule has 2 N–H and O–H groups in total. The van der Waals surface area contributed by atoms with Gasteiger partial charge in [0.2, 0.25) is 10.0 Å². The lowest BCUT2D eigenvalue weighted by molar-refractivity contribution is 0.598. The number of aromatic amines is 1. The van der Waals surface area contributed by atoms with E-state index in [0.717, 1.165) is 10.9 Å². The molecule has 0 aliphatic rings. The minimum atomic E-state index is -3.33. The molecule has 5 nitrogen and oxygen atoms in total. The maximum atomic E-state index is 11.9. The van der Waals surface area contributed by atoms with Gasteiger partial charge in [-0.2, -0.15) is 5.10 Å². The molecule has 7 heteroatoms. The van der Waals surface area contributed by atoms with Crippen molar-refractivity contribution in [3.8, 4) is 0 Å². The maximum Gasteiger partial charge on any atom is 0.232 e. The summed E-state index contributed by atoms with van der Waals surface area (Å²) in [7, 11) is -3.33. The minimum Gasteiger partial charge on any atom is -0.283 e. The third-order valence-electron chi connectivity index (χ3n) is 2.55. The molecule has 0 atom stereocenters. The van der Waals surface area contributed by atoms with Gasteiger partial charge in [-0.05, 0) is 25.0 Å². The molecule has 0 fully saturated rings. The van der Waals surface area contributed by atoms with Gasteiger partial charge in [-0.15, -0.1) is 11.6 Å². The van der Waals surface area contributed by atoms with Crippen molar-refractivity contribution in [2.75, 3.05) is 16.4 Å². The van der Waals surface area contributed by atoms with Crippen molar-refractivity contribution >= 4 is 38.2 Å². The number of anilines is 1. The Hall–Kier alpha value is -1.27. The van der Waals surface area contributed by atoms with Crippen LogP contribution < -0.4 is 4.72 Å². The summed E-state index contributed by atoms with van der Waals surface area (Å²) < 4.78 is 26.3. The zero-order valence-electron chi connectivity index (χ0n) is 9.69. The van der Waals surface area contributed by atoms with Gasteiger partial charge in [-0.1, -0.05) is 6.07 Å². The van der Waals surface area contributed by atoms with Crippen molar-refractivity contribution in [3.05, 3.63) is 24.4 Å². The highest BCUT2D eigenvalue weighted by molar-refractivity contribution is 7.92. The van der Waals surface area contributed by atoms with E-state index >= 15 is 0 Å². The average Bonchev–Trinajstić information content (AvgIpc) is 2.78. The number of hydrogen-bond acceptors (Lipinski definition) is 3. The molecule has 0 saturated heterocycles. The Morgan fingerprint density at radius 1 is 1.33 bits per heavy atom. The topological polar surface area (TPSA) is 74.8 Å². The number of hydrogen-bond donors (Lipinski definition) is 2. The molecule has 0 amide bonds. The Balaban J connectivity index is 2.15. The van der Waals surface area contributed by atoms with E-state index in [4.69, 9.17) is 11.6 Å². The van der Waals surface area contributed by atoms with Crippen LogP contribution in [0.5, 0.6) is 0 Å². The molecule has 1 heterocycles. The predicted octanol–water partition coefficient (Wildman–Crippen LogP) is 2.32. The van der Waals surface area contributed by atoms with Crippen LogP contribution in [0.4, 0.5) is 5.69 Å². The monoisotopic (exact) mass is 287 g/mol. The second-order valence-corrected chi connectivity index (χ2v) is 6.17. The molecular weight excluding hydrogens is 274 g/mol. The van der Waals surface area contributed by atoms with Crippen molar-refractivity contribution in [2.24, 2.45) is 0 Å². The van der Waals surface area contributed by atoms with Crippen LogP contribution in [0.1, 0.15) is 12.8 Å². The number of benzene rings is 1. The standard InChI is InChI=1S/C11H14ClN3O2S/c12-6-1-2-7-18(16,17)15-11-5-3-4-10-9(11)8-13-14-10/h3-5,8,15H,1-2,6-7H2,(H,13,14). The number of unbranched alkanes of at least 4 members (excludes halogenated alkanes) is 1. The molecular formula is C11H14ClN3O2S. The second-order valence-electron chi connectivity index (χ2n) is 3.95. The zero-order valence-corrected chi connectivity index (χ0v) is 11.3. The highest BCUT2D eigenvalue weighted by Crippen LogP contribution is 2.22. The maximum absolute atomic E-state index is 11.9. The Morgan fingerprint density at radius 2 is 2.17 bits per heavy atom. The number of nitrogens with zero attached hydrogens (tertiary/aromatic N) is 1. The largest absolute Gasteiger partial charge is 0.283 e. The molecule has 0 spiro atoms. The zero-order chi connectivity index (χ0) is 13.0. The summed E-state index contributed by atoms with van der Waals surface area (Å²) in [5.74, 6) is 0.556. The molecule has 0 aliphatic carbocycles. The highest BCUT2D eigenvalue weighted by Gasteiger charge is 2.12. The summed E-state index contributed by atoms with van der Waals surface area (Å²) >= 11 is 5.53. The van der Waals surface area contributed by atoms with Gasteiger partial charge in [0.05, 0.1) is 23.2 Å². The van der Waals surface area contributed by atoms with E-state index in [-0.39, 0.29) is 5.75 Å². The van der Waals surface area contributed by atoms with E-state index in [1.165, 1.54) is 0 Å². The lowest BCUT2D eigenvalue weighted by atomic mass is 10.2. The average molecular weight is 288 g/mol. The fourth-order valence-electron chi connectivity index (χ4n) is 1.66. The third-order valence-corrected chi connectivity index (χ3v) is 4.17. The smallest absolute Gasteiger partial charge is 0.232 e. The van der Waals surface area contributed by atoms with E-state index in [2.05, 4.69) is 14.9 Å². The van der Waals surface area contributed by atoms with Crippen LogP contribution in [-0.4, -0.2) is 30.2 Å². The number of rotatable bonds is 6. The van der Waals surface area contributed by atoms with Crippen LogP contribution in [0.25, 0.3) is 10.9 Å². The van der Waals surface area contributed by atoms with E-state index < -0.39 is 10.0 Å².